The molecule has 1 saturated carbocycles. The van der Waals surface area contributed by atoms with E-state index in [1.54, 1.807) is 0 Å². The number of aromatic nitrogens is 3. The number of pyridine rings is 1. The highest BCUT2D eigenvalue weighted by Crippen LogP contribution is 2.41. The molecule has 2 heterocycles. The molecule has 16 heavy (non-hydrogen) atoms. The number of nitrogens with one attached hydrogen (secondary N) is 1. The predicted molar refractivity (Wildman–Crippen MR) is 64.6 cm³/mol. The Bertz CT molecular complexity index is 530. The van der Waals surface area contributed by atoms with Crippen LogP contribution in [0.4, 0.5) is 0 Å². The minimum absolute atomic E-state index is 0.148. The van der Waals surface area contributed by atoms with E-state index in [1.807, 2.05) is 6.20 Å². The van der Waals surface area contributed by atoms with E-state index in [2.05, 4.69) is 42.0 Å². The van der Waals surface area contributed by atoms with Gasteiger partial charge in [0.05, 0.1) is 6.20 Å². The Balaban J connectivity index is 2.26. The van der Waals surface area contributed by atoms with Gasteiger partial charge in [0, 0.05) is 17.0 Å². The lowest BCUT2D eigenvalue weighted by Gasteiger charge is -2.20. The molecule has 3 rings (SSSR count). The summed E-state index contributed by atoms with van der Waals surface area (Å²) < 4.78 is 0. The quantitative estimate of drug-likeness (QED) is 0.794. The first-order valence-electron chi connectivity index (χ1n) is 5.90. The van der Waals surface area contributed by atoms with Crippen LogP contribution in [0.25, 0.3) is 11.0 Å². The zero-order chi connectivity index (χ0) is 11.3. The van der Waals surface area contributed by atoms with Gasteiger partial charge in [0.1, 0.15) is 0 Å². The zero-order valence-electron chi connectivity index (χ0n) is 10.0. The standard InChI is InChI=1S/C13H17N3/c1-13(2,3)10-6-11(8-4-5-8)15-12-9(10)7-14-16-12/h6-8H,4-5H2,1-3H3,(H,14,15,16). The summed E-state index contributed by atoms with van der Waals surface area (Å²) >= 11 is 0. The fourth-order valence-electron chi connectivity index (χ4n) is 2.16. The maximum Gasteiger partial charge on any atom is 0.155 e. The molecular formula is C13H17N3. The molecule has 1 aliphatic carbocycles. The second-order valence-corrected chi connectivity index (χ2v) is 5.75. The number of H-pyrrole nitrogens is 1. The summed E-state index contributed by atoms with van der Waals surface area (Å²) in [4.78, 5) is 4.65. The van der Waals surface area contributed by atoms with Gasteiger partial charge in [-0.25, -0.2) is 4.98 Å². The van der Waals surface area contributed by atoms with E-state index in [1.165, 1.54) is 24.1 Å². The number of fused-ring (bicyclic) bond motifs is 1. The zero-order valence-corrected chi connectivity index (χ0v) is 10.0. The molecule has 0 spiro atoms. The third-order valence-electron chi connectivity index (χ3n) is 3.25. The van der Waals surface area contributed by atoms with Gasteiger partial charge in [0.2, 0.25) is 0 Å². The van der Waals surface area contributed by atoms with Crippen LogP contribution < -0.4 is 0 Å². The average Bonchev–Trinajstić information content (AvgIpc) is 2.94. The average molecular weight is 215 g/mol. The minimum atomic E-state index is 0.148. The maximum absolute atomic E-state index is 4.65. The fraction of sp³-hybridized carbons (Fsp3) is 0.538. The number of hydrogen-bond acceptors (Lipinski definition) is 2. The fourth-order valence-corrected chi connectivity index (χ4v) is 2.16. The van der Waals surface area contributed by atoms with E-state index in [-0.39, 0.29) is 5.41 Å². The van der Waals surface area contributed by atoms with Gasteiger partial charge < -0.3 is 0 Å². The summed E-state index contributed by atoms with van der Waals surface area (Å²) in [6, 6.07) is 2.27. The Hall–Kier alpha value is -1.38. The molecular weight excluding hydrogens is 198 g/mol. The highest BCUT2D eigenvalue weighted by molar-refractivity contribution is 5.79. The van der Waals surface area contributed by atoms with Crippen molar-refractivity contribution >= 4 is 11.0 Å². The Morgan fingerprint density at radius 2 is 2.06 bits per heavy atom. The summed E-state index contributed by atoms with van der Waals surface area (Å²) in [5.74, 6) is 0.689. The molecule has 3 heteroatoms. The van der Waals surface area contributed by atoms with Crippen molar-refractivity contribution in [3.8, 4) is 0 Å². The van der Waals surface area contributed by atoms with Gasteiger partial charge in [-0.15, -0.1) is 0 Å². The van der Waals surface area contributed by atoms with Crippen molar-refractivity contribution < 1.29 is 0 Å². The molecule has 1 fully saturated rings. The maximum atomic E-state index is 4.65. The third-order valence-corrected chi connectivity index (χ3v) is 3.25. The van der Waals surface area contributed by atoms with Crippen LogP contribution in [0.5, 0.6) is 0 Å². The van der Waals surface area contributed by atoms with Gasteiger partial charge in [-0.3, -0.25) is 5.10 Å². The minimum Gasteiger partial charge on any atom is -0.261 e. The third kappa shape index (κ3) is 1.51. The molecule has 0 saturated heterocycles. The molecule has 2 aromatic heterocycles. The normalized spacial score (nSPS) is 16.9. The lowest BCUT2D eigenvalue weighted by atomic mass is 9.85. The van der Waals surface area contributed by atoms with Crippen molar-refractivity contribution in [1.29, 1.82) is 0 Å². The number of nitrogens with zero attached hydrogens (tertiary/aromatic N) is 2. The van der Waals surface area contributed by atoms with E-state index in [0.29, 0.717) is 5.92 Å². The van der Waals surface area contributed by atoms with Gasteiger partial charge in [-0.2, -0.15) is 5.10 Å². The lowest BCUT2D eigenvalue weighted by Crippen LogP contribution is -2.12. The highest BCUT2D eigenvalue weighted by atomic mass is 15.1. The first kappa shape index (κ1) is 9.82. The molecule has 2 aromatic rings. The van der Waals surface area contributed by atoms with Gasteiger partial charge in [0.25, 0.3) is 0 Å². The van der Waals surface area contributed by atoms with Crippen LogP contribution in [-0.2, 0) is 5.41 Å². The highest BCUT2D eigenvalue weighted by Gasteiger charge is 2.28. The van der Waals surface area contributed by atoms with Gasteiger partial charge in [0.15, 0.2) is 5.65 Å². The largest absolute Gasteiger partial charge is 0.261 e. The van der Waals surface area contributed by atoms with Crippen molar-refractivity contribution in [2.75, 3.05) is 0 Å². The molecule has 0 unspecified atom stereocenters. The van der Waals surface area contributed by atoms with Crippen LogP contribution >= 0.6 is 0 Å². The lowest BCUT2D eigenvalue weighted by molar-refractivity contribution is 0.594. The molecule has 0 atom stereocenters. The summed E-state index contributed by atoms with van der Waals surface area (Å²) in [7, 11) is 0. The first-order valence-corrected chi connectivity index (χ1v) is 5.90. The van der Waals surface area contributed by atoms with Gasteiger partial charge in [-0.1, -0.05) is 20.8 Å². The van der Waals surface area contributed by atoms with Crippen LogP contribution in [0.1, 0.15) is 50.8 Å². The summed E-state index contributed by atoms with van der Waals surface area (Å²) in [5.41, 5.74) is 3.68. The van der Waals surface area contributed by atoms with E-state index in [4.69, 9.17) is 0 Å². The number of rotatable bonds is 1. The summed E-state index contributed by atoms with van der Waals surface area (Å²) in [6.07, 6.45) is 4.46. The van der Waals surface area contributed by atoms with Crippen LogP contribution in [0, 0.1) is 0 Å². The Morgan fingerprint density at radius 3 is 2.69 bits per heavy atom. The molecule has 0 radical (unpaired) electrons. The van der Waals surface area contributed by atoms with Crippen molar-refractivity contribution in [3.05, 3.63) is 23.5 Å². The molecule has 84 valence electrons. The monoisotopic (exact) mass is 215 g/mol. The van der Waals surface area contributed by atoms with Crippen molar-refractivity contribution in [3.63, 3.8) is 0 Å². The number of aromatic amines is 1. The van der Waals surface area contributed by atoms with Crippen molar-refractivity contribution in [2.24, 2.45) is 0 Å². The van der Waals surface area contributed by atoms with Crippen LogP contribution in [0.15, 0.2) is 12.3 Å². The van der Waals surface area contributed by atoms with Crippen molar-refractivity contribution in [1.82, 2.24) is 15.2 Å². The van der Waals surface area contributed by atoms with Crippen LogP contribution in [0.2, 0.25) is 0 Å². The molecule has 1 aliphatic rings. The first-order chi connectivity index (χ1) is 7.55. The van der Waals surface area contributed by atoms with E-state index in [9.17, 15) is 0 Å². The van der Waals surface area contributed by atoms with Crippen LogP contribution in [0.3, 0.4) is 0 Å². The Labute approximate surface area is 95.3 Å². The SMILES string of the molecule is CC(C)(C)c1cc(C2CC2)nc2[nH]ncc12. The summed E-state index contributed by atoms with van der Waals surface area (Å²) in [5, 5.41) is 8.27. The molecule has 0 bridgehead atoms. The Morgan fingerprint density at radius 1 is 1.31 bits per heavy atom. The molecule has 0 aromatic carbocycles. The smallest absolute Gasteiger partial charge is 0.155 e. The van der Waals surface area contributed by atoms with E-state index in [0.717, 1.165) is 11.0 Å². The Kier molecular flexibility index (Phi) is 1.88. The van der Waals surface area contributed by atoms with E-state index >= 15 is 0 Å². The topological polar surface area (TPSA) is 41.6 Å². The summed E-state index contributed by atoms with van der Waals surface area (Å²) in [6.45, 7) is 6.72. The van der Waals surface area contributed by atoms with Crippen LogP contribution in [-0.4, -0.2) is 15.2 Å². The van der Waals surface area contributed by atoms with Gasteiger partial charge >= 0.3 is 0 Å². The second kappa shape index (κ2) is 3.06. The van der Waals surface area contributed by atoms with Gasteiger partial charge in [-0.05, 0) is 29.9 Å². The molecule has 3 nitrogen and oxygen atoms in total. The molecule has 0 amide bonds. The molecule has 0 aliphatic heterocycles. The predicted octanol–water partition coefficient (Wildman–Crippen LogP) is 3.13. The van der Waals surface area contributed by atoms with Crippen molar-refractivity contribution in [2.45, 2.75) is 44.9 Å². The number of hydrogen-bond donors (Lipinski definition) is 1. The van der Waals surface area contributed by atoms with E-state index < -0.39 is 0 Å². The second-order valence-electron chi connectivity index (χ2n) is 5.75. The molecule has 1 N–H and O–H groups in total.